The SMILES string of the molecule is CC(C)C1CCC(c2ncccc2C(F)F)CC1. The summed E-state index contributed by atoms with van der Waals surface area (Å²) in [6, 6.07) is 3.12. The molecule has 18 heavy (non-hydrogen) atoms. The number of rotatable bonds is 3. The van der Waals surface area contributed by atoms with Crippen molar-refractivity contribution >= 4 is 0 Å². The number of halogens is 2. The maximum absolute atomic E-state index is 12.9. The van der Waals surface area contributed by atoms with Crippen LogP contribution in [0.1, 0.15) is 63.1 Å². The molecule has 0 aliphatic heterocycles. The molecule has 3 heteroatoms. The Morgan fingerprint density at radius 1 is 1.17 bits per heavy atom. The van der Waals surface area contributed by atoms with Crippen LogP contribution < -0.4 is 0 Å². The summed E-state index contributed by atoms with van der Waals surface area (Å²) in [5.74, 6) is 1.68. The highest BCUT2D eigenvalue weighted by Gasteiger charge is 2.27. The summed E-state index contributed by atoms with van der Waals surface area (Å²) in [6.45, 7) is 4.49. The van der Waals surface area contributed by atoms with E-state index in [1.54, 1.807) is 12.3 Å². The largest absolute Gasteiger partial charge is 0.265 e. The van der Waals surface area contributed by atoms with E-state index in [1.165, 1.54) is 6.07 Å². The molecule has 1 fully saturated rings. The van der Waals surface area contributed by atoms with E-state index in [4.69, 9.17) is 0 Å². The molecule has 0 N–H and O–H groups in total. The second kappa shape index (κ2) is 5.77. The molecular weight excluding hydrogens is 232 g/mol. The highest BCUT2D eigenvalue weighted by molar-refractivity contribution is 5.24. The van der Waals surface area contributed by atoms with Crippen LogP contribution in [0.25, 0.3) is 0 Å². The van der Waals surface area contributed by atoms with E-state index < -0.39 is 6.43 Å². The van der Waals surface area contributed by atoms with Gasteiger partial charge in [-0.2, -0.15) is 0 Å². The zero-order valence-corrected chi connectivity index (χ0v) is 11.1. The number of pyridine rings is 1. The van der Waals surface area contributed by atoms with Crippen molar-refractivity contribution in [2.75, 3.05) is 0 Å². The smallest absolute Gasteiger partial charge is 0.261 e. The lowest BCUT2D eigenvalue weighted by molar-refractivity contribution is 0.147. The Hall–Kier alpha value is -0.990. The molecule has 1 aliphatic carbocycles. The minimum Gasteiger partial charge on any atom is -0.261 e. The molecule has 0 saturated heterocycles. The van der Waals surface area contributed by atoms with Gasteiger partial charge in [0.25, 0.3) is 6.43 Å². The molecule has 0 radical (unpaired) electrons. The minimum atomic E-state index is -2.41. The first-order valence-electron chi connectivity index (χ1n) is 6.82. The fourth-order valence-corrected chi connectivity index (χ4v) is 3.01. The normalized spacial score (nSPS) is 24.8. The van der Waals surface area contributed by atoms with Crippen molar-refractivity contribution in [3.05, 3.63) is 29.6 Å². The van der Waals surface area contributed by atoms with Crippen LogP contribution in [0.5, 0.6) is 0 Å². The predicted molar refractivity (Wildman–Crippen MR) is 68.7 cm³/mol. The highest BCUT2D eigenvalue weighted by atomic mass is 19.3. The van der Waals surface area contributed by atoms with Crippen molar-refractivity contribution in [1.29, 1.82) is 0 Å². The predicted octanol–water partition coefficient (Wildman–Crippen LogP) is 4.95. The zero-order valence-electron chi connectivity index (χ0n) is 11.1. The summed E-state index contributed by atoms with van der Waals surface area (Å²) >= 11 is 0. The van der Waals surface area contributed by atoms with Crippen molar-refractivity contribution in [1.82, 2.24) is 4.98 Å². The first-order chi connectivity index (χ1) is 8.59. The third kappa shape index (κ3) is 2.88. The van der Waals surface area contributed by atoms with Gasteiger partial charge in [-0.15, -0.1) is 0 Å². The first kappa shape index (κ1) is 13.4. The lowest BCUT2D eigenvalue weighted by atomic mass is 9.75. The summed E-state index contributed by atoms with van der Waals surface area (Å²) in [5.41, 5.74) is 0.764. The van der Waals surface area contributed by atoms with E-state index in [0.29, 0.717) is 11.6 Å². The third-order valence-corrected chi connectivity index (χ3v) is 4.21. The van der Waals surface area contributed by atoms with Gasteiger partial charge in [-0.25, -0.2) is 8.78 Å². The number of aromatic nitrogens is 1. The summed E-state index contributed by atoms with van der Waals surface area (Å²) < 4.78 is 25.9. The van der Waals surface area contributed by atoms with Gasteiger partial charge in [0.1, 0.15) is 0 Å². The molecule has 1 heterocycles. The van der Waals surface area contributed by atoms with Gasteiger partial charge in [-0.1, -0.05) is 13.8 Å². The Kier molecular flexibility index (Phi) is 4.31. The summed E-state index contributed by atoms with van der Waals surface area (Å²) in [5, 5.41) is 0. The second-order valence-corrected chi connectivity index (χ2v) is 5.63. The Labute approximate surface area is 108 Å². The van der Waals surface area contributed by atoms with E-state index >= 15 is 0 Å². The molecule has 1 saturated carbocycles. The molecular formula is C15H21F2N. The Balaban J connectivity index is 2.10. The van der Waals surface area contributed by atoms with Crippen molar-refractivity contribution in [3.63, 3.8) is 0 Å². The molecule has 0 amide bonds. The van der Waals surface area contributed by atoms with Crippen LogP contribution in [0.3, 0.4) is 0 Å². The number of alkyl halides is 2. The number of nitrogens with zero attached hydrogens (tertiary/aromatic N) is 1. The van der Waals surface area contributed by atoms with Crippen LogP contribution in [0.2, 0.25) is 0 Å². The van der Waals surface area contributed by atoms with Gasteiger partial charge in [-0.05, 0) is 49.7 Å². The molecule has 2 rings (SSSR count). The van der Waals surface area contributed by atoms with E-state index in [1.807, 2.05) is 0 Å². The maximum Gasteiger partial charge on any atom is 0.265 e. The molecule has 0 bridgehead atoms. The highest BCUT2D eigenvalue weighted by Crippen LogP contribution is 2.40. The Morgan fingerprint density at radius 3 is 2.39 bits per heavy atom. The lowest BCUT2D eigenvalue weighted by Crippen LogP contribution is -2.19. The van der Waals surface area contributed by atoms with Gasteiger partial charge in [-0.3, -0.25) is 4.98 Å². The maximum atomic E-state index is 12.9. The second-order valence-electron chi connectivity index (χ2n) is 5.63. The molecule has 1 nitrogen and oxygen atoms in total. The van der Waals surface area contributed by atoms with Gasteiger partial charge in [0, 0.05) is 17.7 Å². The summed E-state index contributed by atoms with van der Waals surface area (Å²) in [6.07, 6.45) is 3.51. The van der Waals surface area contributed by atoms with Crippen molar-refractivity contribution in [2.24, 2.45) is 11.8 Å². The molecule has 100 valence electrons. The van der Waals surface area contributed by atoms with E-state index in [9.17, 15) is 8.78 Å². The summed E-state index contributed by atoms with van der Waals surface area (Å²) in [4.78, 5) is 4.21. The first-order valence-corrected chi connectivity index (χ1v) is 6.82. The summed E-state index contributed by atoms with van der Waals surface area (Å²) in [7, 11) is 0. The third-order valence-electron chi connectivity index (χ3n) is 4.21. The number of hydrogen-bond donors (Lipinski definition) is 0. The van der Waals surface area contributed by atoms with Crippen LogP contribution >= 0.6 is 0 Å². The van der Waals surface area contributed by atoms with Crippen LogP contribution in [0.4, 0.5) is 8.78 Å². The Morgan fingerprint density at radius 2 is 1.83 bits per heavy atom. The molecule has 1 aliphatic rings. The quantitative estimate of drug-likeness (QED) is 0.742. The standard InChI is InChI=1S/C15H21F2N/c1-10(2)11-5-7-12(8-6-11)14-13(15(16)17)4-3-9-18-14/h3-4,9-12,15H,5-8H2,1-2H3. The minimum absolute atomic E-state index is 0.130. The van der Waals surface area contributed by atoms with E-state index in [2.05, 4.69) is 18.8 Å². The van der Waals surface area contributed by atoms with Gasteiger partial charge in [0.05, 0.1) is 5.69 Å². The topological polar surface area (TPSA) is 12.9 Å². The van der Waals surface area contributed by atoms with Gasteiger partial charge >= 0.3 is 0 Å². The molecule has 1 aromatic rings. The van der Waals surface area contributed by atoms with Crippen molar-refractivity contribution in [3.8, 4) is 0 Å². The van der Waals surface area contributed by atoms with Crippen LogP contribution in [-0.2, 0) is 0 Å². The Bertz CT molecular complexity index is 382. The average molecular weight is 253 g/mol. The van der Waals surface area contributed by atoms with Crippen molar-refractivity contribution in [2.45, 2.75) is 51.9 Å². The van der Waals surface area contributed by atoms with E-state index in [0.717, 1.165) is 31.6 Å². The number of hydrogen-bond acceptors (Lipinski definition) is 1. The molecule has 0 aromatic carbocycles. The van der Waals surface area contributed by atoms with Gasteiger partial charge < -0.3 is 0 Å². The van der Waals surface area contributed by atoms with Gasteiger partial charge in [0.2, 0.25) is 0 Å². The van der Waals surface area contributed by atoms with E-state index in [-0.39, 0.29) is 11.5 Å². The van der Waals surface area contributed by atoms with Crippen LogP contribution in [-0.4, -0.2) is 4.98 Å². The average Bonchev–Trinajstić information content (AvgIpc) is 2.39. The molecule has 0 atom stereocenters. The molecule has 1 aromatic heterocycles. The molecule has 0 spiro atoms. The fraction of sp³-hybridized carbons (Fsp3) is 0.667. The zero-order chi connectivity index (χ0) is 13.1. The monoisotopic (exact) mass is 253 g/mol. The van der Waals surface area contributed by atoms with Crippen molar-refractivity contribution < 1.29 is 8.78 Å². The molecule has 0 unspecified atom stereocenters. The lowest BCUT2D eigenvalue weighted by Gasteiger charge is -2.31. The fourth-order valence-electron chi connectivity index (χ4n) is 3.01. The van der Waals surface area contributed by atoms with Crippen LogP contribution in [0, 0.1) is 11.8 Å². The van der Waals surface area contributed by atoms with Gasteiger partial charge in [0.15, 0.2) is 0 Å². The van der Waals surface area contributed by atoms with Crippen LogP contribution in [0.15, 0.2) is 18.3 Å².